The maximum atomic E-state index is 14.4. The van der Waals surface area contributed by atoms with Crippen LogP contribution in [0.3, 0.4) is 0 Å². The van der Waals surface area contributed by atoms with Crippen LogP contribution in [0.5, 0.6) is 0 Å². The molecule has 242 valence electrons. The number of amides is 2. The van der Waals surface area contributed by atoms with Crippen molar-refractivity contribution >= 4 is 31.3 Å². The molecule has 0 saturated heterocycles. The molecule has 5 rings (SSSR count). The normalized spacial score (nSPS) is 13.3. The number of carbonyl (C=O) groups excluding carboxylic acids is 4. The minimum Gasteiger partial charge on any atom is -0.460 e. The Balaban J connectivity index is 1.56. The van der Waals surface area contributed by atoms with Gasteiger partial charge < -0.3 is 19.3 Å². The number of hydrogen-bond acceptors (Lipinski definition) is 7. The van der Waals surface area contributed by atoms with Crippen LogP contribution in [0, 0.1) is 5.41 Å². The van der Waals surface area contributed by atoms with E-state index in [2.05, 4.69) is 0 Å². The Morgan fingerprint density at radius 1 is 0.660 bits per heavy atom. The summed E-state index contributed by atoms with van der Waals surface area (Å²) in [6.45, 7) is -1.40. The molecule has 0 unspecified atom stereocenters. The van der Waals surface area contributed by atoms with E-state index < -0.39 is 61.0 Å². The van der Waals surface area contributed by atoms with Crippen LogP contribution in [0.1, 0.15) is 43.0 Å². The van der Waals surface area contributed by atoms with E-state index in [-0.39, 0.29) is 29.9 Å². The maximum Gasteiger partial charge on any atom is 0.399 e. The number of benzene rings is 4. The standard InChI is InChI=1S/C34H28F2NO9P/c35-34(36,47(42,43)44)26-17-15-23(16-18-26)19-33(31(40)45-20-24-9-3-1-4-10-24,32(41)46-21-25-11-5-2-6-12-25)22-37-29(38)27-13-7-8-14-28(27)30(37)39/h1-18H,19-22H2,(H2,42,43,44). The van der Waals surface area contributed by atoms with Gasteiger partial charge in [0.05, 0.1) is 17.7 Å². The SMILES string of the molecule is O=C1c2ccccc2C(=O)N1CC(Cc1ccc(C(F)(F)P(=O)(O)O)cc1)(C(=O)OCc1ccccc1)C(=O)OCc1ccccc1. The fourth-order valence-electron chi connectivity index (χ4n) is 5.13. The Morgan fingerprint density at radius 3 is 1.51 bits per heavy atom. The first-order chi connectivity index (χ1) is 22.3. The predicted octanol–water partition coefficient (Wildman–Crippen LogP) is 5.23. The third-order valence-corrected chi connectivity index (χ3v) is 8.68. The summed E-state index contributed by atoms with van der Waals surface area (Å²) in [6, 6.07) is 26.6. The first-order valence-corrected chi connectivity index (χ1v) is 15.8. The van der Waals surface area contributed by atoms with E-state index in [9.17, 15) is 32.5 Å². The average Bonchev–Trinajstić information content (AvgIpc) is 3.31. The fraction of sp³-hybridized carbons (Fsp3) is 0.176. The zero-order valence-electron chi connectivity index (χ0n) is 24.6. The molecule has 0 spiro atoms. The van der Waals surface area contributed by atoms with Gasteiger partial charge in [0.1, 0.15) is 13.2 Å². The molecule has 1 heterocycles. The number of alkyl halides is 2. The van der Waals surface area contributed by atoms with Gasteiger partial charge in [0.2, 0.25) is 0 Å². The second-order valence-corrected chi connectivity index (χ2v) is 12.6. The molecule has 2 amide bonds. The van der Waals surface area contributed by atoms with Gasteiger partial charge in [-0.2, -0.15) is 8.78 Å². The lowest BCUT2D eigenvalue weighted by atomic mass is 9.80. The molecule has 47 heavy (non-hydrogen) atoms. The lowest BCUT2D eigenvalue weighted by Gasteiger charge is -2.32. The van der Waals surface area contributed by atoms with Crippen molar-refractivity contribution in [1.82, 2.24) is 4.90 Å². The number of carbonyl (C=O) groups is 4. The minimum atomic E-state index is -5.88. The summed E-state index contributed by atoms with van der Waals surface area (Å²) in [6.07, 6.45) is -0.594. The van der Waals surface area contributed by atoms with Crippen LogP contribution in [0.4, 0.5) is 8.78 Å². The molecule has 0 bridgehead atoms. The van der Waals surface area contributed by atoms with E-state index in [1.54, 1.807) is 72.8 Å². The number of rotatable bonds is 12. The first-order valence-electron chi connectivity index (χ1n) is 14.2. The molecule has 4 aromatic rings. The van der Waals surface area contributed by atoms with E-state index in [4.69, 9.17) is 19.3 Å². The molecular formula is C34H28F2NO9P. The number of ether oxygens (including phenoxy) is 2. The molecule has 13 heteroatoms. The zero-order valence-corrected chi connectivity index (χ0v) is 25.5. The maximum absolute atomic E-state index is 14.4. The number of nitrogens with zero attached hydrogens (tertiary/aromatic N) is 1. The molecule has 0 atom stereocenters. The Labute approximate surface area is 267 Å². The van der Waals surface area contributed by atoms with Crippen molar-refractivity contribution in [3.63, 3.8) is 0 Å². The van der Waals surface area contributed by atoms with Crippen molar-refractivity contribution in [3.8, 4) is 0 Å². The van der Waals surface area contributed by atoms with Crippen LogP contribution in [-0.2, 0) is 48.9 Å². The van der Waals surface area contributed by atoms with Gasteiger partial charge in [-0.15, -0.1) is 0 Å². The molecule has 1 aliphatic heterocycles. The highest BCUT2D eigenvalue weighted by atomic mass is 31.2. The molecule has 2 N–H and O–H groups in total. The molecule has 0 aliphatic carbocycles. The lowest BCUT2D eigenvalue weighted by molar-refractivity contribution is -0.175. The zero-order chi connectivity index (χ0) is 33.8. The van der Waals surface area contributed by atoms with Crippen LogP contribution in [0.25, 0.3) is 0 Å². The third-order valence-electron chi connectivity index (χ3n) is 7.69. The van der Waals surface area contributed by atoms with Crippen molar-refractivity contribution in [1.29, 1.82) is 0 Å². The molecule has 10 nitrogen and oxygen atoms in total. The average molecular weight is 664 g/mol. The Morgan fingerprint density at radius 2 is 1.09 bits per heavy atom. The van der Waals surface area contributed by atoms with Crippen molar-refractivity contribution < 1.29 is 51.8 Å². The van der Waals surface area contributed by atoms with Gasteiger partial charge in [0.15, 0.2) is 5.41 Å². The highest BCUT2D eigenvalue weighted by molar-refractivity contribution is 7.52. The number of fused-ring (bicyclic) bond motifs is 1. The second kappa shape index (κ2) is 13.4. The van der Waals surface area contributed by atoms with Gasteiger partial charge >= 0.3 is 25.2 Å². The van der Waals surface area contributed by atoms with Crippen LogP contribution < -0.4 is 0 Å². The van der Waals surface area contributed by atoms with Crippen molar-refractivity contribution in [3.05, 3.63) is 143 Å². The minimum absolute atomic E-state index is 0.0609. The van der Waals surface area contributed by atoms with E-state index in [0.717, 1.165) is 29.2 Å². The summed E-state index contributed by atoms with van der Waals surface area (Å²) in [5.41, 5.74) is -6.58. The monoisotopic (exact) mass is 663 g/mol. The topological polar surface area (TPSA) is 148 Å². The van der Waals surface area contributed by atoms with Crippen LogP contribution in [0.2, 0.25) is 0 Å². The molecule has 0 radical (unpaired) electrons. The van der Waals surface area contributed by atoms with Gasteiger partial charge in [-0.3, -0.25) is 28.6 Å². The molecule has 4 aromatic carbocycles. The number of hydrogen-bond donors (Lipinski definition) is 2. The van der Waals surface area contributed by atoms with Crippen LogP contribution >= 0.6 is 7.60 Å². The second-order valence-electron chi connectivity index (χ2n) is 10.9. The Bertz CT molecular complexity index is 1750. The molecular weight excluding hydrogens is 635 g/mol. The largest absolute Gasteiger partial charge is 0.460 e. The quantitative estimate of drug-likeness (QED) is 0.0901. The molecule has 0 fully saturated rings. The van der Waals surface area contributed by atoms with Crippen LogP contribution in [0.15, 0.2) is 109 Å². The summed E-state index contributed by atoms with van der Waals surface area (Å²) < 4.78 is 51.5. The molecule has 1 aliphatic rings. The Hall–Kier alpha value is -5.03. The van der Waals surface area contributed by atoms with E-state index in [1.807, 2.05) is 0 Å². The third kappa shape index (κ3) is 6.90. The van der Waals surface area contributed by atoms with Gasteiger partial charge in [-0.1, -0.05) is 97.1 Å². The molecule has 0 aromatic heterocycles. The van der Waals surface area contributed by atoms with Crippen molar-refractivity contribution in [2.75, 3.05) is 6.54 Å². The van der Waals surface area contributed by atoms with Gasteiger partial charge in [-0.25, -0.2) is 0 Å². The summed E-state index contributed by atoms with van der Waals surface area (Å²) in [7, 11) is -5.88. The summed E-state index contributed by atoms with van der Waals surface area (Å²) in [5, 5.41) is 0. The van der Waals surface area contributed by atoms with Crippen molar-refractivity contribution in [2.45, 2.75) is 25.3 Å². The van der Waals surface area contributed by atoms with E-state index >= 15 is 0 Å². The summed E-state index contributed by atoms with van der Waals surface area (Å²) in [4.78, 5) is 74.2. The van der Waals surface area contributed by atoms with Gasteiger partial charge in [0, 0.05) is 12.0 Å². The smallest absolute Gasteiger partial charge is 0.399 e. The first kappa shape index (κ1) is 33.3. The summed E-state index contributed by atoms with van der Waals surface area (Å²) >= 11 is 0. The van der Waals surface area contributed by atoms with E-state index in [1.165, 1.54) is 12.1 Å². The molecule has 0 saturated carbocycles. The predicted molar refractivity (Wildman–Crippen MR) is 163 cm³/mol. The van der Waals surface area contributed by atoms with Crippen molar-refractivity contribution in [2.24, 2.45) is 5.41 Å². The number of halogens is 2. The summed E-state index contributed by atoms with van der Waals surface area (Å²) in [5.74, 6) is -3.84. The van der Waals surface area contributed by atoms with E-state index in [0.29, 0.717) is 11.1 Å². The van der Waals surface area contributed by atoms with Crippen LogP contribution in [-0.4, -0.2) is 45.0 Å². The Kier molecular flexibility index (Phi) is 9.48. The van der Waals surface area contributed by atoms with Gasteiger partial charge in [-0.05, 0) is 28.8 Å². The fourth-order valence-corrected chi connectivity index (χ4v) is 5.61. The number of esters is 2. The highest BCUT2D eigenvalue weighted by Crippen LogP contribution is 2.59. The number of imide groups is 1. The highest BCUT2D eigenvalue weighted by Gasteiger charge is 2.54. The lowest BCUT2D eigenvalue weighted by Crippen LogP contribution is -2.53. The van der Waals surface area contributed by atoms with Gasteiger partial charge in [0.25, 0.3) is 11.8 Å².